The Balaban J connectivity index is 2.33. The van der Waals surface area contributed by atoms with Crippen molar-refractivity contribution in [1.82, 2.24) is 0 Å². The van der Waals surface area contributed by atoms with E-state index in [1.807, 2.05) is 37.3 Å². The van der Waals surface area contributed by atoms with Crippen LogP contribution in [-0.2, 0) is 6.42 Å². The van der Waals surface area contributed by atoms with Gasteiger partial charge in [0.05, 0.1) is 11.6 Å². The summed E-state index contributed by atoms with van der Waals surface area (Å²) in [5.74, 6) is 0. The van der Waals surface area contributed by atoms with Crippen LogP contribution < -0.4 is 0 Å². The van der Waals surface area contributed by atoms with Crippen LogP contribution in [-0.4, -0.2) is 0 Å². The molecular weight excluding hydrogens is 230 g/mol. The summed E-state index contributed by atoms with van der Waals surface area (Å²) in [7, 11) is 0. The van der Waals surface area contributed by atoms with Gasteiger partial charge in [0.15, 0.2) is 0 Å². The summed E-state index contributed by atoms with van der Waals surface area (Å²) < 4.78 is 0. The molecule has 19 heavy (non-hydrogen) atoms. The number of aryl methyl sites for hydroxylation is 2. The maximum absolute atomic E-state index is 9.29. The van der Waals surface area contributed by atoms with Gasteiger partial charge in [-0.2, -0.15) is 5.26 Å². The summed E-state index contributed by atoms with van der Waals surface area (Å²) in [6.07, 6.45) is 2.97. The second kappa shape index (κ2) is 6.02. The number of rotatable bonds is 3. The van der Waals surface area contributed by atoms with Crippen LogP contribution in [0.2, 0.25) is 0 Å². The fourth-order valence-corrected chi connectivity index (χ4v) is 1.93. The van der Waals surface area contributed by atoms with E-state index in [1.54, 1.807) is 0 Å². The van der Waals surface area contributed by atoms with Crippen LogP contribution >= 0.6 is 0 Å². The lowest BCUT2D eigenvalue weighted by atomic mass is 10.0. The maximum Gasteiger partial charge on any atom is 0.0998 e. The highest BCUT2D eigenvalue weighted by atomic mass is 14.2. The second-order valence-electron chi connectivity index (χ2n) is 4.63. The minimum atomic E-state index is 0.698. The van der Waals surface area contributed by atoms with E-state index in [0.717, 1.165) is 17.5 Å². The van der Waals surface area contributed by atoms with Crippen LogP contribution in [0.4, 0.5) is 0 Å². The summed E-state index contributed by atoms with van der Waals surface area (Å²) >= 11 is 0. The van der Waals surface area contributed by atoms with Gasteiger partial charge in [-0.25, -0.2) is 0 Å². The molecule has 0 aromatic heterocycles. The van der Waals surface area contributed by atoms with E-state index in [1.165, 1.54) is 11.1 Å². The SMILES string of the molecule is CCc1ccc(/C=C(/C#N)c2ccc(C)cc2)cc1. The standard InChI is InChI=1S/C18H17N/c1-3-15-6-8-16(9-7-15)12-18(13-19)17-10-4-14(2)5-11-17/h4-12H,3H2,1-2H3/b18-12-. The van der Waals surface area contributed by atoms with Gasteiger partial charge in [-0.15, -0.1) is 0 Å². The van der Waals surface area contributed by atoms with Gasteiger partial charge in [0, 0.05) is 0 Å². The molecule has 94 valence electrons. The summed E-state index contributed by atoms with van der Waals surface area (Å²) in [6.45, 7) is 4.18. The van der Waals surface area contributed by atoms with Crippen molar-refractivity contribution in [3.63, 3.8) is 0 Å². The van der Waals surface area contributed by atoms with Gasteiger partial charge in [-0.1, -0.05) is 61.0 Å². The molecule has 0 aliphatic rings. The van der Waals surface area contributed by atoms with Gasteiger partial charge in [0.2, 0.25) is 0 Å². The van der Waals surface area contributed by atoms with Crippen LogP contribution in [0.3, 0.4) is 0 Å². The number of benzene rings is 2. The summed E-state index contributed by atoms with van der Waals surface area (Å²) in [5.41, 5.74) is 5.24. The molecule has 0 saturated heterocycles. The zero-order chi connectivity index (χ0) is 13.7. The Morgan fingerprint density at radius 2 is 1.68 bits per heavy atom. The molecule has 0 radical (unpaired) electrons. The van der Waals surface area contributed by atoms with Crippen molar-refractivity contribution in [2.45, 2.75) is 20.3 Å². The molecule has 0 bridgehead atoms. The van der Waals surface area contributed by atoms with E-state index in [-0.39, 0.29) is 0 Å². The van der Waals surface area contributed by atoms with Crippen LogP contribution in [0.1, 0.15) is 29.2 Å². The fraction of sp³-hybridized carbons (Fsp3) is 0.167. The molecule has 0 amide bonds. The number of allylic oxidation sites excluding steroid dienone is 1. The monoisotopic (exact) mass is 247 g/mol. The van der Waals surface area contributed by atoms with E-state index in [9.17, 15) is 5.26 Å². The van der Waals surface area contributed by atoms with Crippen molar-refractivity contribution in [2.75, 3.05) is 0 Å². The Kier molecular flexibility index (Phi) is 4.15. The van der Waals surface area contributed by atoms with Crippen LogP contribution in [0, 0.1) is 18.3 Å². The molecule has 2 aromatic carbocycles. The molecular formula is C18H17N. The van der Waals surface area contributed by atoms with Crippen molar-refractivity contribution in [1.29, 1.82) is 5.26 Å². The largest absolute Gasteiger partial charge is 0.192 e. The zero-order valence-electron chi connectivity index (χ0n) is 11.4. The zero-order valence-corrected chi connectivity index (χ0v) is 11.4. The highest BCUT2D eigenvalue weighted by Crippen LogP contribution is 2.18. The average molecular weight is 247 g/mol. The minimum absolute atomic E-state index is 0.698. The summed E-state index contributed by atoms with van der Waals surface area (Å²) in [4.78, 5) is 0. The lowest BCUT2D eigenvalue weighted by Gasteiger charge is -2.02. The van der Waals surface area contributed by atoms with Gasteiger partial charge >= 0.3 is 0 Å². The molecule has 0 saturated carbocycles. The third kappa shape index (κ3) is 3.33. The number of nitrogens with zero attached hydrogens (tertiary/aromatic N) is 1. The van der Waals surface area contributed by atoms with E-state index in [0.29, 0.717) is 5.57 Å². The van der Waals surface area contributed by atoms with E-state index in [4.69, 9.17) is 0 Å². The first-order chi connectivity index (χ1) is 9.22. The predicted molar refractivity (Wildman–Crippen MR) is 80.5 cm³/mol. The molecule has 0 N–H and O–H groups in total. The highest BCUT2D eigenvalue weighted by Gasteiger charge is 2.00. The molecule has 0 fully saturated rings. The molecule has 2 rings (SSSR count). The van der Waals surface area contributed by atoms with E-state index in [2.05, 4.69) is 37.3 Å². The molecule has 0 spiro atoms. The van der Waals surface area contributed by atoms with Crippen molar-refractivity contribution < 1.29 is 0 Å². The molecule has 0 heterocycles. The number of hydrogen-bond donors (Lipinski definition) is 0. The normalized spacial score (nSPS) is 11.1. The van der Waals surface area contributed by atoms with E-state index < -0.39 is 0 Å². The Hall–Kier alpha value is -2.33. The van der Waals surface area contributed by atoms with Crippen LogP contribution in [0.25, 0.3) is 11.6 Å². The van der Waals surface area contributed by atoms with Crippen molar-refractivity contribution >= 4 is 11.6 Å². The summed E-state index contributed by atoms with van der Waals surface area (Å²) in [6, 6.07) is 18.6. The number of nitriles is 1. The second-order valence-corrected chi connectivity index (χ2v) is 4.63. The first-order valence-electron chi connectivity index (χ1n) is 6.50. The highest BCUT2D eigenvalue weighted by molar-refractivity contribution is 5.89. The Morgan fingerprint density at radius 3 is 2.21 bits per heavy atom. The topological polar surface area (TPSA) is 23.8 Å². The Labute approximate surface area is 114 Å². The molecule has 1 heteroatoms. The van der Waals surface area contributed by atoms with Gasteiger partial charge in [-0.05, 0) is 36.1 Å². The minimum Gasteiger partial charge on any atom is -0.192 e. The first-order valence-corrected chi connectivity index (χ1v) is 6.50. The van der Waals surface area contributed by atoms with Crippen LogP contribution in [0.15, 0.2) is 48.5 Å². The molecule has 0 aliphatic heterocycles. The predicted octanol–water partition coefficient (Wildman–Crippen LogP) is 4.62. The molecule has 0 unspecified atom stereocenters. The van der Waals surface area contributed by atoms with Crippen molar-refractivity contribution in [2.24, 2.45) is 0 Å². The smallest absolute Gasteiger partial charge is 0.0998 e. The third-order valence-electron chi connectivity index (χ3n) is 3.18. The molecule has 0 aliphatic carbocycles. The Morgan fingerprint density at radius 1 is 1.05 bits per heavy atom. The van der Waals surface area contributed by atoms with Crippen molar-refractivity contribution in [3.8, 4) is 6.07 Å². The molecule has 2 aromatic rings. The lowest BCUT2D eigenvalue weighted by molar-refractivity contribution is 1.14. The first kappa shape index (κ1) is 13.1. The van der Waals surface area contributed by atoms with E-state index >= 15 is 0 Å². The average Bonchev–Trinajstić information content (AvgIpc) is 2.46. The van der Waals surface area contributed by atoms with Gasteiger partial charge in [-0.3, -0.25) is 0 Å². The third-order valence-corrected chi connectivity index (χ3v) is 3.18. The van der Waals surface area contributed by atoms with Gasteiger partial charge in [0.1, 0.15) is 0 Å². The molecule has 1 nitrogen and oxygen atoms in total. The molecule has 0 atom stereocenters. The van der Waals surface area contributed by atoms with Gasteiger partial charge in [0.25, 0.3) is 0 Å². The van der Waals surface area contributed by atoms with Crippen molar-refractivity contribution in [3.05, 3.63) is 70.8 Å². The maximum atomic E-state index is 9.29. The lowest BCUT2D eigenvalue weighted by Crippen LogP contribution is -1.84. The van der Waals surface area contributed by atoms with Gasteiger partial charge < -0.3 is 0 Å². The fourth-order valence-electron chi connectivity index (χ4n) is 1.93. The van der Waals surface area contributed by atoms with Crippen LogP contribution in [0.5, 0.6) is 0 Å². The Bertz CT molecular complexity index is 610. The quantitative estimate of drug-likeness (QED) is 0.573. The number of hydrogen-bond acceptors (Lipinski definition) is 1. The summed E-state index contributed by atoms with van der Waals surface area (Å²) in [5, 5.41) is 9.29.